The van der Waals surface area contributed by atoms with Crippen molar-refractivity contribution in [3.63, 3.8) is 0 Å². The van der Waals surface area contributed by atoms with E-state index in [0.717, 1.165) is 16.7 Å². The Hall–Kier alpha value is -4.18. The molecule has 2 N–H and O–H groups in total. The van der Waals surface area contributed by atoms with Crippen LogP contribution in [-0.2, 0) is 10.2 Å². The summed E-state index contributed by atoms with van der Waals surface area (Å²) < 4.78 is 42.8. The standard InChI is InChI=1S/C33H32F2N2O6/c1-19-6-8-23-24(36-30(40)32(10-11-32)22-7-9-25-28(14-22)43-33(34,35)42-25)15-26(41-27(23)12-19)20-4-3-5-21(13-20)29(39)37-16-31(2,17-37)18-38/h3-9,12-14,24,26,38H,10-11,15-18H2,1-2H3,(H,36,40)/t24-,26-/m1/s1. The fourth-order valence-corrected chi connectivity index (χ4v) is 6.40. The second-order valence-corrected chi connectivity index (χ2v) is 12.6. The van der Waals surface area contributed by atoms with Crippen LogP contribution in [0.4, 0.5) is 8.78 Å². The minimum atomic E-state index is -3.73. The first-order valence-electron chi connectivity index (χ1n) is 14.5. The number of hydrogen-bond donors (Lipinski definition) is 2. The van der Waals surface area contributed by atoms with Gasteiger partial charge in [0.1, 0.15) is 11.9 Å². The van der Waals surface area contributed by atoms with Gasteiger partial charge in [0, 0.05) is 36.1 Å². The van der Waals surface area contributed by atoms with E-state index in [9.17, 15) is 23.5 Å². The largest absolute Gasteiger partial charge is 0.586 e. The van der Waals surface area contributed by atoms with Crippen LogP contribution in [0, 0.1) is 12.3 Å². The molecule has 3 aliphatic heterocycles. The van der Waals surface area contributed by atoms with Crippen molar-refractivity contribution in [1.29, 1.82) is 0 Å². The van der Waals surface area contributed by atoms with Crippen molar-refractivity contribution < 1.29 is 37.7 Å². The molecule has 2 amide bonds. The summed E-state index contributed by atoms with van der Waals surface area (Å²) in [5, 5.41) is 12.8. The first-order valence-corrected chi connectivity index (χ1v) is 14.5. The van der Waals surface area contributed by atoms with E-state index >= 15 is 0 Å². The molecule has 1 saturated heterocycles. The highest BCUT2D eigenvalue weighted by Crippen LogP contribution is 2.53. The fourth-order valence-electron chi connectivity index (χ4n) is 6.40. The Bertz CT molecular complexity index is 1630. The molecule has 2 fully saturated rings. The lowest BCUT2D eigenvalue weighted by Crippen LogP contribution is -2.58. The van der Waals surface area contributed by atoms with Gasteiger partial charge in [0.2, 0.25) is 5.91 Å². The molecule has 10 heteroatoms. The van der Waals surface area contributed by atoms with E-state index < -0.39 is 17.8 Å². The molecule has 7 rings (SSSR count). The third-order valence-electron chi connectivity index (χ3n) is 9.03. The van der Waals surface area contributed by atoms with E-state index in [1.807, 2.05) is 50.2 Å². The third-order valence-corrected chi connectivity index (χ3v) is 9.03. The van der Waals surface area contributed by atoms with Crippen molar-refractivity contribution in [2.75, 3.05) is 19.7 Å². The zero-order valence-corrected chi connectivity index (χ0v) is 23.9. The lowest BCUT2D eigenvalue weighted by atomic mass is 9.82. The number of carbonyl (C=O) groups is 2. The number of halogens is 2. The number of likely N-dealkylation sites (tertiary alicyclic amines) is 1. The molecule has 0 spiro atoms. The first-order chi connectivity index (χ1) is 20.5. The van der Waals surface area contributed by atoms with Crippen LogP contribution in [0.25, 0.3) is 0 Å². The van der Waals surface area contributed by atoms with Crippen LogP contribution in [0.1, 0.15) is 70.9 Å². The van der Waals surface area contributed by atoms with Gasteiger partial charge in [-0.25, -0.2) is 0 Å². The van der Waals surface area contributed by atoms with Gasteiger partial charge in [-0.05, 0) is 66.8 Å². The molecular formula is C33H32F2N2O6. The second-order valence-electron chi connectivity index (χ2n) is 12.6. The predicted molar refractivity (Wildman–Crippen MR) is 151 cm³/mol. The van der Waals surface area contributed by atoms with Crippen molar-refractivity contribution in [1.82, 2.24) is 10.2 Å². The number of fused-ring (bicyclic) bond motifs is 2. The average molecular weight is 591 g/mol. The Balaban J connectivity index is 1.13. The van der Waals surface area contributed by atoms with Gasteiger partial charge < -0.3 is 29.5 Å². The summed E-state index contributed by atoms with van der Waals surface area (Å²) in [6, 6.07) is 17.4. The summed E-state index contributed by atoms with van der Waals surface area (Å²) in [7, 11) is 0. The molecule has 0 radical (unpaired) electrons. The SMILES string of the molecule is Cc1ccc2c(c1)O[C@@H](c1cccc(C(=O)N3CC(C)(CO)C3)c1)C[C@H]2NC(=O)C1(c2ccc3c(c2)OC(F)(F)O3)CC1. The highest BCUT2D eigenvalue weighted by atomic mass is 19.3. The maximum absolute atomic E-state index is 13.8. The minimum absolute atomic E-state index is 0.0323. The number of aliphatic hydroxyl groups excluding tert-OH is 1. The van der Waals surface area contributed by atoms with Crippen molar-refractivity contribution >= 4 is 11.8 Å². The molecule has 1 aliphatic carbocycles. The predicted octanol–water partition coefficient (Wildman–Crippen LogP) is 5.18. The third kappa shape index (κ3) is 4.87. The maximum Gasteiger partial charge on any atom is 0.586 e. The summed E-state index contributed by atoms with van der Waals surface area (Å²) in [6.07, 6.45) is -2.55. The summed E-state index contributed by atoms with van der Waals surface area (Å²) in [4.78, 5) is 28.7. The van der Waals surface area contributed by atoms with E-state index in [0.29, 0.717) is 49.2 Å². The van der Waals surface area contributed by atoms with Crippen LogP contribution in [0.5, 0.6) is 17.2 Å². The minimum Gasteiger partial charge on any atom is -0.485 e. The molecule has 43 heavy (non-hydrogen) atoms. The first kappa shape index (κ1) is 27.6. The molecule has 0 unspecified atom stereocenters. The number of amides is 2. The van der Waals surface area contributed by atoms with Crippen LogP contribution in [0.2, 0.25) is 0 Å². The topological polar surface area (TPSA) is 97.3 Å². The molecule has 3 aromatic carbocycles. The van der Waals surface area contributed by atoms with Crippen molar-refractivity contribution in [2.24, 2.45) is 5.41 Å². The Labute approximate surface area is 247 Å². The smallest absolute Gasteiger partial charge is 0.485 e. The van der Waals surface area contributed by atoms with Gasteiger partial charge in [-0.3, -0.25) is 9.59 Å². The van der Waals surface area contributed by atoms with Crippen LogP contribution in [0.15, 0.2) is 60.7 Å². The molecule has 3 heterocycles. The summed E-state index contributed by atoms with van der Waals surface area (Å²) in [5.41, 5.74) is 2.72. The molecule has 0 aromatic heterocycles. The lowest BCUT2D eigenvalue weighted by Gasteiger charge is -2.47. The van der Waals surface area contributed by atoms with Crippen molar-refractivity contribution in [3.05, 3.63) is 88.5 Å². The summed E-state index contributed by atoms with van der Waals surface area (Å²) in [5.74, 6) is 0.238. The Morgan fingerprint density at radius 3 is 2.51 bits per heavy atom. The number of nitrogens with zero attached hydrogens (tertiary/aromatic N) is 1. The van der Waals surface area contributed by atoms with Gasteiger partial charge >= 0.3 is 6.29 Å². The monoisotopic (exact) mass is 590 g/mol. The lowest BCUT2D eigenvalue weighted by molar-refractivity contribution is -0.286. The van der Waals surface area contributed by atoms with Gasteiger partial charge in [0.25, 0.3) is 5.91 Å². The number of hydrogen-bond acceptors (Lipinski definition) is 6. The van der Waals surface area contributed by atoms with E-state index in [4.69, 9.17) is 4.74 Å². The Kier molecular flexibility index (Phi) is 6.22. The number of aryl methyl sites for hydroxylation is 1. The average Bonchev–Trinajstić information content (AvgIpc) is 3.71. The van der Waals surface area contributed by atoms with E-state index in [2.05, 4.69) is 14.8 Å². The fraction of sp³-hybridized carbons (Fsp3) is 0.394. The zero-order valence-electron chi connectivity index (χ0n) is 23.9. The van der Waals surface area contributed by atoms with Crippen LogP contribution in [0.3, 0.4) is 0 Å². The molecular weight excluding hydrogens is 558 g/mol. The molecule has 4 aliphatic rings. The normalized spacial score (nSPS) is 23.4. The summed E-state index contributed by atoms with van der Waals surface area (Å²) >= 11 is 0. The number of aliphatic hydroxyl groups is 1. The number of benzene rings is 3. The zero-order chi connectivity index (χ0) is 30.1. The maximum atomic E-state index is 13.8. The van der Waals surface area contributed by atoms with Crippen molar-refractivity contribution in [3.8, 4) is 17.2 Å². The number of rotatable bonds is 6. The second kappa shape index (κ2) is 9.67. The van der Waals surface area contributed by atoms with E-state index in [1.54, 1.807) is 17.0 Å². The number of ether oxygens (including phenoxy) is 3. The van der Waals surface area contributed by atoms with Crippen LogP contribution in [-0.4, -0.2) is 47.8 Å². The number of nitrogens with one attached hydrogen (secondary N) is 1. The number of carbonyl (C=O) groups excluding carboxylic acids is 2. The number of alkyl halides is 2. The molecule has 2 atom stereocenters. The van der Waals surface area contributed by atoms with Crippen LogP contribution < -0.4 is 19.5 Å². The van der Waals surface area contributed by atoms with Gasteiger partial charge in [0.05, 0.1) is 18.1 Å². The Morgan fingerprint density at radius 2 is 1.77 bits per heavy atom. The molecule has 1 saturated carbocycles. The Morgan fingerprint density at radius 1 is 1.00 bits per heavy atom. The van der Waals surface area contributed by atoms with Gasteiger partial charge in [-0.1, -0.05) is 37.3 Å². The molecule has 0 bridgehead atoms. The van der Waals surface area contributed by atoms with Gasteiger partial charge in [0.15, 0.2) is 11.5 Å². The molecule has 8 nitrogen and oxygen atoms in total. The van der Waals surface area contributed by atoms with Gasteiger partial charge in [-0.2, -0.15) is 0 Å². The highest BCUT2D eigenvalue weighted by molar-refractivity contribution is 5.95. The van der Waals surface area contributed by atoms with E-state index in [-0.39, 0.29) is 41.4 Å². The molecule has 3 aromatic rings. The quantitative estimate of drug-likeness (QED) is 0.411. The highest BCUT2D eigenvalue weighted by Gasteiger charge is 2.53. The van der Waals surface area contributed by atoms with Gasteiger partial charge in [-0.15, -0.1) is 8.78 Å². The molecule has 224 valence electrons. The van der Waals surface area contributed by atoms with Crippen LogP contribution >= 0.6 is 0 Å². The van der Waals surface area contributed by atoms with E-state index in [1.165, 1.54) is 12.1 Å². The summed E-state index contributed by atoms with van der Waals surface area (Å²) in [6.45, 7) is 4.95. The van der Waals surface area contributed by atoms with Crippen molar-refractivity contribution in [2.45, 2.75) is 57.0 Å².